The second-order valence-corrected chi connectivity index (χ2v) is 6.21. The summed E-state index contributed by atoms with van der Waals surface area (Å²) in [5.74, 6) is 0.414. The molecule has 1 amide bonds. The Bertz CT molecular complexity index is 741. The third kappa shape index (κ3) is 4.36. The summed E-state index contributed by atoms with van der Waals surface area (Å²) in [6.07, 6.45) is 1.60. The highest BCUT2D eigenvalue weighted by molar-refractivity contribution is 6.00. The molecule has 2 aromatic rings. The second kappa shape index (κ2) is 7.80. The van der Waals surface area contributed by atoms with Gasteiger partial charge in [-0.2, -0.15) is 0 Å². The van der Waals surface area contributed by atoms with E-state index in [-0.39, 0.29) is 23.2 Å². The van der Waals surface area contributed by atoms with Crippen LogP contribution < -0.4 is 15.1 Å². The van der Waals surface area contributed by atoms with Crippen LogP contribution in [0.3, 0.4) is 0 Å². The molecule has 1 atom stereocenters. The van der Waals surface area contributed by atoms with Crippen LogP contribution in [0.2, 0.25) is 0 Å². The number of nitro benzene ring substituents is 1. The molecular weight excluding hydrogens is 324 g/mol. The Balaban J connectivity index is 2.22. The molecule has 0 bridgehead atoms. The maximum absolute atomic E-state index is 12.6. The van der Waals surface area contributed by atoms with E-state index in [4.69, 9.17) is 4.42 Å². The van der Waals surface area contributed by atoms with Crippen LogP contribution in [-0.4, -0.2) is 45.6 Å². The van der Waals surface area contributed by atoms with Gasteiger partial charge in [0.05, 0.1) is 37.4 Å². The highest BCUT2D eigenvalue weighted by atomic mass is 16.6. The number of nitro groups is 1. The SMILES string of the molecule is CN(C)c1ccc([N+](=O)[O-])cc1C(=O)NC[C@@H](c1ccco1)[NH+](C)C. The fraction of sp³-hybridized carbons (Fsp3) is 0.353. The van der Waals surface area contributed by atoms with Crippen LogP contribution in [0.4, 0.5) is 11.4 Å². The Morgan fingerprint density at radius 1 is 1.36 bits per heavy atom. The number of hydrogen-bond donors (Lipinski definition) is 2. The van der Waals surface area contributed by atoms with E-state index >= 15 is 0 Å². The molecular formula is C17H23N4O4+. The van der Waals surface area contributed by atoms with E-state index in [9.17, 15) is 14.9 Å². The first-order valence-corrected chi connectivity index (χ1v) is 7.88. The largest absolute Gasteiger partial charge is 0.463 e. The van der Waals surface area contributed by atoms with Gasteiger partial charge in [0.1, 0.15) is 0 Å². The summed E-state index contributed by atoms with van der Waals surface area (Å²) in [4.78, 5) is 26.0. The van der Waals surface area contributed by atoms with Gasteiger partial charge in [0.2, 0.25) is 0 Å². The molecule has 0 saturated heterocycles. The molecule has 0 unspecified atom stereocenters. The predicted octanol–water partition coefficient (Wildman–Crippen LogP) is 0.869. The molecule has 0 spiro atoms. The Hall–Kier alpha value is -2.87. The summed E-state index contributed by atoms with van der Waals surface area (Å²) in [6.45, 7) is 0.351. The van der Waals surface area contributed by atoms with Crippen molar-refractivity contribution in [1.82, 2.24) is 5.32 Å². The molecule has 0 radical (unpaired) electrons. The zero-order valence-corrected chi connectivity index (χ0v) is 14.8. The number of benzene rings is 1. The highest BCUT2D eigenvalue weighted by Gasteiger charge is 2.23. The van der Waals surface area contributed by atoms with Crippen molar-refractivity contribution >= 4 is 17.3 Å². The highest BCUT2D eigenvalue weighted by Crippen LogP contribution is 2.24. The molecule has 2 rings (SSSR count). The fourth-order valence-electron chi connectivity index (χ4n) is 2.58. The first kappa shape index (κ1) is 18.5. The quantitative estimate of drug-likeness (QED) is 0.573. The molecule has 8 nitrogen and oxygen atoms in total. The molecule has 1 aromatic heterocycles. The molecule has 0 aliphatic heterocycles. The molecule has 25 heavy (non-hydrogen) atoms. The maximum Gasteiger partial charge on any atom is 0.270 e. The van der Waals surface area contributed by atoms with E-state index in [0.29, 0.717) is 12.2 Å². The van der Waals surface area contributed by atoms with E-state index in [1.54, 1.807) is 37.4 Å². The van der Waals surface area contributed by atoms with Crippen LogP contribution in [0.5, 0.6) is 0 Å². The van der Waals surface area contributed by atoms with Gasteiger partial charge < -0.3 is 19.5 Å². The fourth-order valence-corrected chi connectivity index (χ4v) is 2.58. The average molecular weight is 347 g/mol. The standard InChI is InChI=1S/C17H22N4O4/c1-19(2)14-8-7-12(21(23)24)10-13(14)17(22)18-11-15(20(3)4)16-6-5-9-25-16/h5-10,15H,11H2,1-4H3,(H,18,22)/p+1/t15-/m0/s1. The summed E-state index contributed by atoms with van der Waals surface area (Å²) >= 11 is 0. The lowest BCUT2D eigenvalue weighted by Crippen LogP contribution is -3.07. The van der Waals surface area contributed by atoms with Crippen LogP contribution in [-0.2, 0) is 0 Å². The molecule has 0 saturated carbocycles. The van der Waals surface area contributed by atoms with Gasteiger partial charge in [0, 0.05) is 31.9 Å². The Kier molecular flexibility index (Phi) is 5.76. The van der Waals surface area contributed by atoms with E-state index < -0.39 is 4.92 Å². The molecule has 0 fully saturated rings. The van der Waals surface area contributed by atoms with Crippen molar-refractivity contribution in [2.75, 3.05) is 39.6 Å². The van der Waals surface area contributed by atoms with Crippen molar-refractivity contribution in [3.8, 4) is 0 Å². The Morgan fingerprint density at radius 3 is 2.60 bits per heavy atom. The van der Waals surface area contributed by atoms with Crippen LogP contribution in [0.15, 0.2) is 41.0 Å². The molecule has 8 heteroatoms. The summed E-state index contributed by atoms with van der Waals surface area (Å²) in [7, 11) is 7.51. The lowest BCUT2D eigenvalue weighted by molar-refractivity contribution is -0.891. The molecule has 1 aromatic carbocycles. The van der Waals surface area contributed by atoms with Gasteiger partial charge in [-0.25, -0.2) is 0 Å². The first-order valence-electron chi connectivity index (χ1n) is 7.88. The number of nitrogens with zero attached hydrogens (tertiary/aromatic N) is 2. The normalized spacial score (nSPS) is 12.0. The smallest absolute Gasteiger partial charge is 0.270 e. The van der Waals surface area contributed by atoms with Crippen molar-refractivity contribution in [2.24, 2.45) is 0 Å². The van der Waals surface area contributed by atoms with Gasteiger partial charge >= 0.3 is 0 Å². The van der Waals surface area contributed by atoms with Crippen LogP contribution >= 0.6 is 0 Å². The zero-order valence-electron chi connectivity index (χ0n) is 14.8. The van der Waals surface area contributed by atoms with Gasteiger partial charge in [-0.1, -0.05) is 0 Å². The van der Waals surface area contributed by atoms with E-state index in [0.717, 1.165) is 10.7 Å². The van der Waals surface area contributed by atoms with Crippen LogP contribution in [0.1, 0.15) is 22.2 Å². The van der Waals surface area contributed by atoms with Gasteiger partial charge in [0.25, 0.3) is 11.6 Å². The van der Waals surface area contributed by atoms with Gasteiger partial charge in [-0.05, 0) is 18.2 Å². The summed E-state index contributed by atoms with van der Waals surface area (Å²) in [5.41, 5.74) is 0.776. The van der Waals surface area contributed by atoms with Crippen LogP contribution in [0.25, 0.3) is 0 Å². The van der Waals surface area contributed by atoms with Crippen molar-refractivity contribution < 1.29 is 19.0 Å². The number of hydrogen-bond acceptors (Lipinski definition) is 5. The lowest BCUT2D eigenvalue weighted by atomic mass is 10.1. The number of furan rings is 1. The third-order valence-corrected chi connectivity index (χ3v) is 3.97. The summed E-state index contributed by atoms with van der Waals surface area (Å²) < 4.78 is 5.44. The average Bonchev–Trinajstić information content (AvgIpc) is 3.07. The minimum atomic E-state index is -0.508. The second-order valence-electron chi connectivity index (χ2n) is 6.21. The maximum atomic E-state index is 12.6. The number of non-ortho nitro benzene ring substituents is 1. The number of quaternary nitrogens is 1. The van der Waals surface area contributed by atoms with Crippen molar-refractivity contribution in [3.63, 3.8) is 0 Å². The number of anilines is 1. The molecule has 134 valence electrons. The molecule has 0 aliphatic carbocycles. The number of nitrogens with one attached hydrogen (secondary N) is 2. The number of rotatable bonds is 7. The van der Waals surface area contributed by atoms with Crippen molar-refractivity contribution in [2.45, 2.75) is 6.04 Å². The number of likely N-dealkylation sites (N-methyl/N-ethyl adjacent to an activating group) is 1. The van der Waals surface area contributed by atoms with E-state index in [1.165, 1.54) is 12.1 Å². The number of carbonyl (C=O) groups is 1. The predicted molar refractivity (Wildman–Crippen MR) is 94.0 cm³/mol. The minimum Gasteiger partial charge on any atom is -0.463 e. The van der Waals surface area contributed by atoms with E-state index in [1.807, 2.05) is 20.2 Å². The third-order valence-electron chi connectivity index (χ3n) is 3.97. The van der Waals surface area contributed by atoms with Gasteiger partial charge in [-0.15, -0.1) is 0 Å². The minimum absolute atomic E-state index is 0.0551. The monoisotopic (exact) mass is 347 g/mol. The lowest BCUT2D eigenvalue weighted by Gasteiger charge is -2.21. The van der Waals surface area contributed by atoms with Gasteiger partial charge in [-0.3, -0.25) is 14.9 Å². The van der Waals surface area contributed by atoms with Crippen molar-refractivity contribution in [3.05, 3.63) is 58.0 Å². The first-order chi connectivity index (χ1) is 11.8. The Labute approximate surface area is 146 Å². The van der Waals surface area contributed by atoms with Crippen molar-refractivity contribution in [1.29, 1.82) is 0 Å². The molecule has 1 heterocycles. The topological polar surface area (TPSA) is 93.1 Å². The Morgan fingerprint density at radius 2 is 2.08 bits per heavy atom. The number of carbonyl (C=O) groups excluding carboxylic acids is 1. The molecule has 2 N–H and O–H groups in total. The summed E-state index contributed by atoms with van der Waals surface area (Å²) in [6, 6.07) is 7.88. The van der Waals surface area contributed by atoms with Gasteiger partial charge in [0.15, 0.2) is 11.8 Å². The summed E-state index contributed by atoms with van der Waals surface area (Å²) in [5, 5.41) is 13.9. The zero-order chi connectivity index (χ0) is 18.6. The number of amides is 1. The molecule has 0 aliphatic rings. The van der Waals surface area contributed by atoms with E-state index in [2.05, 4.69) is 5.32 Å². The van der Waals surface area contributed by atoms with Crippen LogP contribution in [0, 0.1) is 10.1 Å².